The lowest BCUT2D eigenvalue weighted by Crippen LogP contribution is -2.40. The average molecular weight is 398 g/mol. The Labute approximate surface area is 172 Å². The zero-order chi connectivity index (χ0) is 20.4. The molecule has 1 aromatic rings. The zero-order valence-corrected chi connectivity index (χ0v) is 17.2. The van der Waals surface area contributed by atoms with E-state index in [2.05, 4.69) is 23.5 Å². The minimum Gasteiger partial charge on any atom is -0.455 e. The van der Waals surface area contributed by atoms with Gasteiger partial charge in [0, 0.05) is 11.8 Å². The molecule has 0 aliphatic heterocycles. The molecule has 0 spiro atoms. The second-order valence-corrected chi connectivity index (χ2v) is 9.03. The summed E-state index contributed by atoms with van der Waals surface area (Å²) < 4.78 is 5.31. The first-order valence-corrected chi connectivity index (χ1v) is 11.1. The minimum absolute atomic E-state index is 0.0120. The molecule has 3 aliphatic rings. The molecule has 1 unspecified atom stereocenters. The van der Waals surface area contributed by atoms with Gasteiger partial charge in [-0.15, -0.1) is 0 Å². The number of benzene rings is 1. The van der Waals surface area contributed by atoms with Crippen LogP contribution in [0.15, 0.2) is 18.2 Å². The van der Waals surface area contributed by atoms with Crippen molar-refractivity contribution in [1.29, 1.82) is 0 Å². The van der Waals surface area contributed by atoms with Gasteiger partial charge >= 0.3 is 5.97 Å². The van der Waals surface area contributed by atoms with Gasteiger partial charge in [-0.2, -0.15) is 0 Å². The maximum absolute atomic E-state index is 12.4. The van der Waals surface area contributed by atoms with Gasteiger partial charge in [-0.1, -0.05) is 24.6 Å². The molecule has 4 rings (SSSR count). The summed E-state index contributed by atoms with van der Waals surface area (Å²) in [4.78, 5) is 36.9. The molecule has 1 N–H and O–H groups in total. The van der Waals surface area contributed by atoms with E-state index in [4.69, 9.17) is 4.74 Å². The van der Waals surface area contributed by atoms with E-state index in [-0.39, 0.29) is 42.3 Å². The molecule has 0 saturated heterocycles. The van der Waals surface area contributed by atoms with Crippen LogP contribution in [0.1, 0.15) is 74.6 Å². The van der Waals surface area contributed by atoms with E-state index in [0.717, 1.165) is 37.7 Å². The first kappa shape index (κ1) is 20.1. The van der Waals surface area contributed by atoms with E-state index < -0.39 is 0 Å². The second kappa shape index (κ2) is 8.68. The van der Waals surface area contributed by atoms with Crippen LogP contribution in [0.3, 0.4) is 0 Å². The van der Waals surface area contributed by atoms with Crippen LogP contribution in [-0.4, -0.2) is 24.3 Å². The Kier molecular flexibility index (Phi) is 6.02. The molecule has 1 amide bonds. The van der Waals surface area contributed by atoms with Crippen molar-refractivity contribution in [3.05, 3.63) is 34.9 Å². The second-order valence-electron chi connectivity index (χ2n) is 9.03. The standard InChI is InChI=1S/C24H31NO4/c1-15(17-10-9-16-5-2-3-6-18(16)11-17)25-22(26)14-29-24(28)21-12-19-7-4-8-20(13-21)23(19)27/h9-11,15,19-21H,2-8,12-14H2,1H3,(H,25,26)/t15-,19-,20+,21?/m1/s1. The smallest absolute Gasteiger partial charge is 0.309 e. The van der Waals surface area contributed by atoms with Crippen LogP contribution < -0.4 is 5.32 Å². The summed E-state index contributed by atoms with van der Waals surface area (Å²) in [6.45, 7) is 1.70. The van der Waals surface area contributed by atoms with E-state index in [1.54, 1.807) is 0 Å². The highest BCUT2D eigenvalue weighted by atomic mass is 16.5. The number of ketones is 1. The molecule has 5 heteroatoms. The summed E-state index contributed by atoms with van der Waals surface area (Å²) in [5, 5.41) is 2.94. The normalized spacial score (nSPS) is 26.9. The third-order valence-electron chi connectivity index (χ3n) is 6.98. The monoisotopic (exact) mass is 397 g/mol. The Morgan fingerprint density at radius 2 is 1.76 bits per heavy atom. The fourth-order valence-corrected chi connectivity index (χ4v) is 5.32. The molecular weight excluding hydrogens is 366 g/mol. The van der Waals surface area contributed by atoms with Gasteiger partial charge < -0.3 is 10.1 Å². The van der Waals surface area contributed by atoms with Gasteiger partial charge in [0.15, 0.2) is 6.61 Å². The molecule has 1 aromatic carbocycles. The zero-order valence-electron chi connectivity index (χ0n) is 17.2. The molecule has 2 saturated carbocycles. The molecule has 0 heterocycles. The number of ether oxygens (including phenoxy) is 1. The van der Waals surface area contributed by atoms with Crippen molar-refractivity contribution in [2.45, 2.75) is 70.8 Å². The first-order valence-electron chi connectivity index (χ1n) is 11.1. The van der Waals surface area contributed by atoms with E-state index in [0.29, 0.717) is 18.6 Å². The van der Waals surface area contributed by atoms with E-state index >= 15 is 0 Å². The molecule has 2 fully saturated rings. The van der Waals surface area contributed by atoms with Gasteiger partial charge in [0.2, 0.25) is 0 Å². The van der Waals surface area contributed by atoms with E-state index in [1.807, 2.05) is 6.92 Å². The predicted molar refractivity (Wildman–Crippen MR) is 109 cm³/mol. The highest BCUT2D eigenvalue weighted by molar-refractivity contribution is 5.88. The lowest BCUT2D eigenvalue weighted by molar-refractivity contribution is -0.156. The first-order chi connectivity index (χ1) is 14.0. The van der Waals surface area contributed by atoms with Crippen molar-refractivity contribution in [2.75, 3.05) is 6.61 Å². The number of carbonyl (C=O) groups excluding carboxylic acids is 3. The lowest BCUT2D eigenvalue weighted by atomic mass is 9.67. The van der Waals surface area contributed by atoms with Gasteiger partial charge in [-0.05, 0) is 75.0 Å². The maximum Gasteiger partial charge on any atom is 0.309 e. The number of carbonyl (C=O) groups is 3. The van der Waals surface area contributed by atoms with Crippen LogP contribution in [0.25, 0.3) is 0 Å². The Hall–Kier alpha value is -2.17. The molecule has 0 aromatic heterocycles. The van der Waals surface area contributed by atoms with Gasteiger partial charge in [0.05, 0.1) is 12.0 Å². The van der Waals surface area contributed by atoms with Crippen molar-refractivity contribution in [2.24, 2.45) is 17.8 Å². The highest BCUT2D eigenvalue weighted by Crippen LogP contribution is 2.40. The van der Waals surface area contributed by atoms with Crippen molar-refractivity contribution < 1.29 is 19.1 Å². The Balaban J connectivity index is 1.26. The van der Waals surface area contributed by atoms with Crippen molar-refractivity contribution >= 4 is 17.7 Å². The maximum atomic E-state index is 12.4. The van der Waals surface area contributed by atoms with Crippen LogP contribution in [0.4, 0.5) is 0 Å². The SMILES string of the molecule is C[C@@H](NC(=O)COC(=O)C1C[C@H]2CCC[C@@H](C1)C2=O)c1ccc2c(c1)CCCC2. The third kappa shape index (κ3) is 4.54. The van der Waals surface area contributed by atoms with Crippen LogP contribution in [0.2, 0.25) is 0 Å². The van der Waals surface area contributed by atoms with Crippen LogP contribution >= 0.6 is 0 Å². The summed E-state index contributed by atoms with van der Waals surface area (Å²) >= 11 is 0. The lowest BCUT2D eigenvalue weighted by Gasteiger charge is -2.36. The number of aryl methyl sites for hydroxylation is 2. The number of fused-ring (bicyclic) bond motifs is 3. The van der Waals surface area contributed by atoms with Crippen LogP contribution in [0.5, 0.6) is 0 Å². The highest BCUT2D eigenvalue weighted by Gasteiger charge is 2.41. The van der Waals surface area contributed by atoms with Crippen molar-refractivity contribution in [3.8, 4) is 0 Å². The fourth-order valence-electron chi connectivity index (χ4n) is 5.32. The van der Waals surface area contributed by atoms with Gasteiger partial charge in [-0.3, -0.25) is 14.4 Å². The van der Waals surface area contributed by atoms with Crippen molar-refractivity contribution in [3.63, 3.8) is 0 Å². The summed E-state index contributed by atoms with van der Waals surface area (Å²) in [5.74, 6) is -0.497. The number of rotatable bonds is 5. The minimum atomic E-state index is -0.328. The number of amides is 1. The molecular formula is C24H31NO4. The third-order valence-corrected chi connectivity index (χ3v) is 6.98. The summed E-state index contributed by atoms with van der Waals surface area (Å²) in [5.41, 5.74) is 3.89. The molecule has 29 heavy (non-hydrogen) atoms. The van der Waals surface area contributed by atoms with Crippen LogP contribution in [0, 0.1) is 17.8 Å². The summed E-state index contributed by atoms with van der Waals surface area (Å²) in [6.07, 6.45) is 8.74. The fraction of sp³-hybridized carbons (Fsp3) is 0.625. The molecule has 5 nitrogen and oxygen atoms in total. The molecule has 4 atom stereocenters. The molecule has 0 radical (unpaired) electrons. The largest absolute Gasteiger partial charge is 0.455 e. The van der Waals surface area contributed by atoms with E-state index in [9.17, 15) is 14.4 Å². The quantitative estimate of drug-likeness (QED) is 0.770. The summed E-state index contributed by atoms with van der Waals surface area (Å²) in [7, 11) is 0. The number of hydrogen-bond donors (Lipinski definition) is 1. The Morgan fingerprint density at radius 1 is 1.07 bits per heavy atom. The molecule has 3 aliphatic carbocycles. The topological polar surface area (TPSA) is 72.5 Å². The van der Waals surface area contributed by atoms with Crippen LogP contribution in [-0.2, 0) is 32.0 Å². The van der Waals surface area contributed by atoms with Gasteiger partial charge in [0.25, 0.3) is 5.91 Å². The van der Waals surface area contributed by atoms with E-state index in [1.165, 1.54) is 24.0 Å². The van der Waals surface area contributed by atoms with Gasteiger partial charge in [0.1, 0.15) is 5.78 Å². The number of esters is 1. The van der Waals surface area contributed by atoms with Crippen molar-refractivity contribution in [1.82, 2.24) is 5.32 Å². The summed E-state index contributed by atoms with van der Waals surface area (Å²) in [6, 6.07) is 6.33. The molecule has 156 valence electrons. The number of hydrogen-bond acceptors (Lipinski definition) is 4. The number of Topliss-reactive ketones (excluding diaryl/α,β-unsaturated/α-hetero) is 1. The number of nitrogens with one attached hydrogen (secondary N) is 1. The van der Waals surface area contributed by atoms with Gasteiger partial charge in [-0.25, -0.2) is 0 Å². The Morgan fingerprint density at radius 3 is 2.48 bits per heavy atom. The predicted octanol–water partition coefficient (Wildman–Crippen LogP) is 3.68. The Bertz CT molecular complexity index is 786. The molecule has 2 bridgehead atoms. The average Bonchev–Trinajstić information content (AvgIpc) is 2.71.